The number of fused-ring (bicyclic) bond motifs is 1. The Morgan fingerprint density at radius 2 is 2.10 bits per heavy atom. The summed E-state index contributed by atoms with van der Waals surface area (Å²) in [5.74, 6) is 1.49. The van der Waals surface area contributed by atoms with E-state index in [1.165, 1.54) is 38.2 Å². The first kappa shape index (κ1) is 13.9. The molecule has 1 unspecified atom stereocenters. The molecule has 0 radical (unpaired) electrons. The fraction of sp³-hybridized carbons (Fsp3) is 0.647. The highest BCUT2D eigenvalue weighted by molar-refractivity contribution is 5.37. The fourth-order valence-corrected chi connectivity index (χ4v) is 3.52. The van der Waals surface area contributed by atoms with E-state index in [0.29, 0.717) is 6.04 Å². The van der Waals surface area contributed by atoms with Crippen LogP contribution in [0.5, 0.6) is 5.75 Å². The molecule has 0 amide bonds. The van der Waals surface area contributed by atoms with Crippen molar-refractivity contribution in [2.45, 2.75) is 57.6 Å². The summed E-state index contributed by atoms with van der Waals surface area (Å²) in [6, 6.07) is 5.37. The quantitative estimate of drug-likeness (QED) is 0.906. The van der Waals surface area contributed by atoms with Gasteiger partial charge in [-0.1, -0.05) is 19.3 Å². The largest absolute Gasteiger partial charge is 0.488 e. The molecule has 1 aromatic carbocycles. The first-order chi connectivity index (χ1) is 9.72. The van der Waals surface area contributed by atoms with Gasteiger partial charge in [0.1, 0.15) is 17.7 Å². The summed E-state index contributed by atoms with van der Waals surface area (Å²) in [6.07, 6.45) is 7.82. The van der Waals surface area contributed by atoms with Gasteiger partial charge in [-0.2, -0.15) is 0 Å². The molecule has 0 aromatic heterocycles. The van der Waals surface area contributed by atoms with Crippen LogP contribution in [0.4, 0.5) is 4.39 Å². The molecule has 110 valence electrons. The Morgan fingerprint density at radius 1 is 1.30 bits per heavy atom. The molecule has 0 saturated heterocycles. The Bertz CT molecular complexity index is 456. The van der Waals surface area contributed by atoms with Crippen LogP contribution in [0.25, 0.3) is 0 Å². The van der Waals surface area contributed by atoms with Gasteiger partial charge in [-0.25, -0.2) is 4.39 Å². The van der Waals surface area contributed by atoms with Crippen LogP contribution in [-0.4, -0.2) is 18.7 Å². The molecule has 2 nitrogen and oxygen atoms in total. The summed E-state index contributed by atoms with van der Waals surface area (Å²) in [5.41, 5.74) is 1.00. The maximum atomic E-state index is 13.2. The summed E-state index contributed by atoms with van der Waals surface area (Å²) in [6.45, 7) is 3.14. The van der Waals surface area contributed by atoms with Gasteiger partial charge in [-0.15, -0.1) is 0 Å². The molecule has 1 aliphatic heterocycles. The van der Waals surface area contributed by atoms with Gasteiger partial charge in [0.25, 0.3) is 0 Å². The molecule has 3 rings (SSSR count). The number of halogens is 1. The zero-order valence-electron chi connectivity index (χ0n) is 12.2. The van der Waals surface area contributed by atoms with Gasteiger partial charge < -0.3 is 10.1 Å². The lowest BCUT2D eigenvalue weighted by Gasteiger charge is -2.29. The molecule has 20 heavy (non-hydrogen) atoms. The minimum absolute atomic E-state index is 0.151. The van der Waals surface area contributed by atoms with E-state index < -0.39 is 0 Å². The summed E-state index contributed by atoms with van der Waals surface area (Å²) >= 11 is 0. The summed E-state index contributed by atoms with van der Waals surface area (Å²) in [7, 11) is 0. The van der Waals surface area contributed by atoms with E-state index >= 15 is 0 Å². The van der Waals surface area contributed by atoms with Crippen molar-refractivity contribution in [2.24, 2.45) is 5.92 Å². The third kappa shape index (κ3) is 3.14. The number of ether oxygens (including phenoxy) is 1. The van der Waals surface area contributed by atoms with Gasteiger partial charge in [0.2, 0.25) is 0 Å². The van der Waals surface area contributed by atoms with Gasteiger partial charge in [0.05, 0.1) is 0 Å². The van der Waals surface area contributed by atoms with Crippen LogP contribution in [-0.2, 0) is 6.42 Å². The van der Waals surface area contributed by atoms with Crippen molar-refractivity contribution in [2.75, 3.05) is 6.54 Å². The molecular weight excluding hydrogens is 253 g/mol. The minimum atomic E-state index is -0.170. The Balaban J connectivity index is 1.48. The highest BCUT2D eigenvalue weighted by Gasteiger charge is 2.25. The predicted molar refractivity (Wildman–Crippen MR) is 78.6 cm³/mol. The van der Waals surface area contributed by atoms with Crippen LogP contribution in [0.2, 0.25) is 0 Å². The third-order valence-electron chi connectivity index (χ3n) is 4.79. The van der Waals surface area contributed by atoms with Crippen LogP contribution in [0.1, 0.15) is 44.6 Å². The smallest absolute Gasteiger partial charge is 0.123 e. The second-order valence-corrected chi connectivity index (χ2v) is 6.29. The van der Waals surface area contributed by atoms with Crippen molar-refractivity contribution < 1.29 is 9.13 Å². The lowest BCUT2D eigenvalue weighted by Crippen LogP contribution is -2.40. The van der Waals surface area contributed by atoms with Crippen molar-refractivity contribution in [3.63, 3.8) is 0 Å². The van der Waals surface area contributed by atoms with Crippen LogP contribution < -0.4 is 10.1 Å². The monoisotopic (exact) mass is 277 g/mol. The first-order valence-electron chi connectivity index (χ1n) is 7.91. The molecule has 1 heterocycles. The number of nitrogens with one attached hydrogen (secondary N) is 1. The average Bonchev–Trinajstić information content (AvgIpc) is 2.87. The molecule has 1 fully saturated rings. The van der Waals surface area contributed by atoms with Crippen LogP contribution in [0.3, 0.4) is 0 Å². The molecule has 0 bridgehead atoms. The molecule has 3 heteroatoms. The standard InChI is InChI=1S/C17H24FNO/c1-12(13-5-3-2-4-6-13)19-11-16-10-14-9-15(18)7-8-17(14)20-16/h7-9,12-13,16,19H,2-6,10-11H2,1H3/t12-,16?/m0/s1. The van der Waals surface area contributed by atoms with Gasteiger partial charge in [-0.3, -0.25) is 0 Å². The molecule has 1 N–H and O–H groups in total. The van der Waals surface area contributed by atoms with E-state index in [1.54, 1.807) is 12.1 Å². The van der Waals surface area contributed by atoms with E-state index in [1.807, 2.05) is 0 Å². The van der Waals surface area contributed by atoms with E-state index in [2.05, 4.69) is 12.2 Å². The Hall–Kier alpha value is -1.09. The Labute approximate surface area is 120 Å². The lowest BCUT2D eigenvalue weighted by atomic mass is 9.84. The molecule has 1 aliphatic carbocycles. The number of hydrogen-bond acceptors (Lipinski definition) is 2. The first-order valence-corrected chi connectivity index (χ1v) is 7.91. The molecule has 2 atom stereocenters. The van der Waals surface area contributed by atoms with Crippen molar-refractivity contribution in [3.05, 3.63) is 29.6 Å². The van der Waals surface area contributed by atoms with E-state index in [-0.39, 0.29) is 11.9 Å². The normalized spacial score (nSPS) is 24.2. The van der Waals surface area contributed by atoms with E-state index in [0.717, 1.165) is 30.2 Å². The molecule has 0 spiro atoms. The Morgan fingerprint density at radius 3 is 2.90 bits per heavy atom. The second kappa shape index (κ2) is 6.13. The zero-order chi connectivity index (χ0) is 13.9. The maximum absolute atomic E-state index is 13.2. The number of benzene rings is 1. The highest BCUT2D eigenvalue weighted by Crippen LogP contribution is 2.30. The van der Waals surface area contributed by atoms with Gasteiger partial charge in [0.15, 0.2) is 0 Å². The summed E-state index contributed by atoms with van der Waals surface area (Å²) in [4.78, 5) is 0. The van der Waals surface area contributed by atoms with Crippen molar-refractivity contribution >= 4 is 0 Å². The molecule has 1 saturated carbocycles. The fourth-order valence-electron chi connectivity index (χ4n) is 3.52. The second-order valence-electron chi connectivity index (χ2n) is 6.29. The third-order valence-corrected chi connectivity index (χ3v) is 4.79. The SMILES string of the molecule is C[C@H](NCC1Cc2cc(F)ccc2O1)C1CCCCC1. The zero-order valence-corrected chi connectivity index (χ0v) is 12.2. The van der Waals surface area contributed by atoms with Crippen molar-refractivity contribution in [3.8, 4) is 5.75 Å². The van der Waals surface area contributed by atoms with Crippen LogP contribution in [0.15, 0.2) is 18.2 Å². The number of rotatable bonds is 4. The number of hydrogen-bond donors (Lipinski definition) is 1. The van der Waals surface area contributed by atoms with Gasteiger partial charge in [-0.05, 0) is 43.9 Å². The topological polar surface area (TPSA) is 21.3 Å². The summed E-state index contributed by atoms with van der Waals surface area (Å²) < 4.78 is 19.0. The van der Waals surface area contributed by atoms with Crippen LogP contribution in [0, 0.1) is 11.7 Å². The van der Waals surface area contributed by atoms with Crippen LogP contribution >= 0.6 is 0 Å². The lowest BCUT2D eigenvalue weighted by molar-refractivity contribution is 0.204. The molecule has 1 aromatic rings. The van der Waals surface area contributed by atoms with Gasteiger partial charge in [0, 0.05) is 24.6 Å². The van der Waals surface area contributed by atoms with E-state index in [4.69, 9.17) is 4.74 Å². The molecular formula is C17H24FNO. The maximum Gasteiger partial charge on any atom is 0.123 e. The van der Waals surface area contributed by atoms with Crippen molar-refractivity contribution in [1.29, 1.82) is 0 Å². The van der Waals surface area contributed by atoms with Gasteiger partial charge >= 0.3 is 0 Å². The highest BCUT2D eigenvalue weighted by atomic mass is 19.1. The van der Waals surface area contributed by atoms with E-state index in [9.17, 15) is 4.39 Å². The minimum Gasteiger partial charge on any atom is -0.488 e. The Kier molecular flexibility index (Phi) is 4.25. The predicted octanol–water partition coefficient (Wildman–Crippen LogP) is 3.69. The summed E-state index contributed by atoms with van der Waals surface area (Å²) in [5, 5.41) is 3.62. The molecule has 2 aliphatic rings. The van der Waals surface area contributed by atoms with Crippen molar-refractivity contribution in [1.82, 2.24) is 5.32 Å². The average molecular weight is 277 g/mol.